The lowest BCUT2D eigenvalue weighted by Gasteiger charge is -2.06. The van der Waals surface area contributed by atoms with Crippen LogP contribution in [0.1, 0.15) is 5.69 Å². The molecule has 0 saturated carbocycles. The monoisotopic (exact) mass is 214 g/mol. The number of nitrogens with zero attached hydrogens (tertiary/aromatic N) is 2. The lowest BCUT2D eigenvalue weighted by Crippen LogP contribution is -2.21. The van der Waals surface area contributed by atoms with E-state index < -0.39 is 0 Å². The van der Waals surface area contributed by atoms with Crippen molar-refractivity contribution >= 4 is 23.5 Å². The summed E-state index contributed by atoms with van der Waals surface area (Å²) in [5.41, 5.74) is 1.09. The highest BCUT2D eigenvalue weighted by Gasteiger charge is 2.19. The van der Waals surface area contributed by atoms with Crippen LogP contribution in [0.3, 0.4) is 0 Å². The zero-order valence-electron chi connectivity index (χ0n) is 7.53. The van der Waals surface area contributed by atoms with Crippen LogP contribution in [0.5, 0.6) is 0 Å². The quantitative estimate of drug-likeness (QED) is 0.519. The van der Waals surface area contributed by atoms with E-state index in [1.165, 1.54) is 11.8 Å². The highest BCUT2D eigenvalue weighted by molar-refractivity contribution is 7.99. The minimum Gasteiger partial charge on any atom is -0.290 e. The van der Waals surface area contributed by atoms with Crippen LogP contribution in [0.25, 0.3) is 0 Å². The molecule has 0 bridgehead atoms. The minimum absolute atomic E-state index is 0.108. The van der Waals surface area contributed by atoms with Crippen LogP contribution in [-0.2, 0) is 13.5 Å². The van der Waals surface area contributed by atoms with E-state index in [4.69, 9.17) is 0 Å². The predicted octanol–water partition coefficient (Wildman–Crippen LogP) is 1.15. The van der Waals surface area contributed by atoms with Crippen LogP contribution >= 0.6 is 23.5 Å². The number of aromatic nitrogens is 2. The molecule has 13 heavy (non-hydrogen) atoms. The molecule has 2 rings (SSSR count). The van der Waals surface area contributed by atoms with E-state index in [0.29, 0.717) is 0 Å². The van der Waals surface area contributed by atoms with Crippen LogP contribution < -0.4 is 5.56 Å². The first-order valence-electron chi connectivity index (χ1n) is 4.00. The fraction of sp³-hybridized carbons (Fsp3) is 0.500. The third kappa shape index (κ3) is 1.40. The molecule has 0 atom stereocenters. The van der Waals surface area contributed by atoms with Crippen LogP contribution in [0.15, 0.2) is 14.8 Å². The van der Waals surface area contributed by atoms with Crippen LogP contribution in [0.4, 0.5) is 0 Å². The molecular weight excluding hydrogens is 204 g/mol. The highest BCUT2D eigenvalue weighted by Crippen LogP contribution is 2.27. The highest BCUT2D eigenvalue weighted by atomic mass is 32.2. The first kappa shape index (κ1) is 9.15. The van der Waals surface area contributed by atoms with Gasteiger partial charge in [0.25, 0.3) is 5.56 Å². The maximum absolute atomic E-state index is 11.7. The Bertz CT molecular complexity index is 399. The van der Waals surface area contributed by atoms with Crippen molar-refractivity contribution in [2.24, 2.45) is 7.05 Å². The Labute approximate surface area is 84.9 Å². The lowest BCUT2D eigenvalue weighted by molar-refractivity contribution is 0.670. The van der Waals surface area contributed by atoms with Gasteiger partial charge < -0.3 is 0 Å². The third-order valence-corrected chi connectivity index (χ3v) is 3.88. The Hall–Kier alpha value is -0.420. The summed E-state index contributed by atoms with van der Waals surface area (Å²) >= 11 is 3.14. The van der Waals surface area contributed by atoms with E-state index in [9.17, 15) is 4.79 Å². The minimum atomic E-state index is 0.108. The topological polar surface area (TPSA) is 34.9 Å². The van der Waals surface area contributed by atoms with Crippen LogP contribution in [0.2, 0.25) is 0 Å². The van der Waals surface area contributed by atoms with E-state index in [1.807, 2.05) is 6.26 Å². The second kappa shape index (κ2) is 3.38. The zero-order valence-corrected chi connectivity index (χ0v) is 9.17. The van der Waals surface area contributed by atoms with Crippen molar-refractivity contribution in [2.45, 2.75) is 16.5 Å². The molecule has 0 radical (unpaired) electrons. The van der Waals surface area contributed by atoms with Gasteiger partial charge >= 0.3 is 0 Å². The van der Waals surface area contributed by atoms with Gasteiger partial charge in [0, 0.05) is 19.2 Å². The molecule has 0 unspecified atom stereocenters. The van der Waals surface area contributed by atoms with Gasteiger partial charge in [0.1, 0.15) is 0 Å². The number of rotatable bonds is 1. The summed E-state index contributed by atoms with van der Waals surface area (Å²) < 4.78 is 1.63. The molecule has 1 aromatic heterocycles. The maximum Gasteiger partial charge on any atom is 0.267 e. The molecule has 5 heteroatoms. The molecule has 0 N–H and O–H groups in total. The summed E-state index contributed by atoms with van der Waals surface area (Å²) in [6.45, 7) is 0. The Kier molecular flexibility index (Phi) is 2.38. The van der Waals surface area contributed by atoms with E-state index in [1.54, 1.807) is 23.4 Å². The largest absolute Gasteiger partial charge is 0.290 e. The summed E-state index contributed by atoms with van der Waals surface area (Å²) in [6.07, 6.45) is 2.87. The maximum atomic E-state index is 11.7. The van der Waals surface area contributed by atoms with E-state index >= 15 is 0 Å². The number of fused-ring (bicyclic) bond motifs is 1. The summed E-state index contributed by atoms with van der Waals surface area (Å²) in [5.74, 6) is 0.995. The Morgan fingerprint density at radius 1 is 1.62 bits per heavy atom. The van der Waals surface area contributed by atoms with Crippen molar-refractivity contribution in [1.82, 2.24) is 9.55 Å². The zero-order chi connectivity index (χ0) is 9.42. The van der Waals surface area contributed by atoms with Crippen molar-refractivity contribution in [3.63, 3.8) is 0 Å². The average molecular weight is 214 g/mol. The Morgan fingerprint density at radius 2 is 2.38 bits per heavy atom. The molecule has 0 saturated heterocycles. The van der Waals surface area contributed by atoms with E-state index in [2.05, 4.69) is 4.98 Å². The summed E-state index contributed by atoms with van der Waals surface area (Å²) in [4.78, 5) is 17.0. The molecule has 1 aliphatic rings. The first-order chi connectivity index (χ1) is 6.24. The lowest BCUT2D eigenvalue weighted by atomic mass is 10.3. The van der Waals surface area contributed by atoms with Gasteiger partial charge in [-0.15, -0.1) is 11.8 Å². The Morgan fingerprint density at radius 3 is 3.08 bits per heavy atom. The molecule has 0 amide bonds. The number of hydrogen-bond acceptors (Lipinski definition) is 4. The first-order valence-corrected chi connectivity index (χ1v) is 6.21. The second-order valence-corrected chi connectivity index (χ2v) is 4.72. The summed E-state index contributed by atoms with van der Waals surface area (Å²) in [5, 5.41) is 0.811. The van der Waals surface area contributed by atoms with Gasteiger partial charge in [0.05, 0.1) is 10.6 Å². The van der Waals surface area contributed by atoms with Crippen molar-refractivity contribution in [3.8, 4) is 0 Å². The third-order valence-electron chi connectivity index (χ3n) is 2.05. The number of hydrogen-bond donors (Lipinski definition) is 0. The molecule has 70 valence electrons. The van der Waals surface area contributed by atoms with Gasteiger partial charge in [0.15, 0.2) is 5.16 Å². The molecule has 1 aromatic rings. The molecule has 0 aliphatic carbocycles. The number of thioether (sulfide) groups is 2. The van der Waals surface area contributed by atoms with Gasteiger partial charge in [0.2, 0.25) is 0 Å². The van der Waals surface area contributed by atoms with Crippen LogP contribution in [-0.4, -0.2) is 21.6 Å². The molecule has 3 nitrogen and oxygen atoms in total. The fourth-order valence-corrected chi connectivity index (χ4v) is 2.98. The van der Waals surface area contributed by atoms with Gasteiger partial charge in [-0.2, -0.15) is 0 Å². The van der Waals surface area contributed by atoms with Crippen molar-refractivity contribution in [1.29, 1.82) is 0 Å². The average Bonchev–Trinajstić information content (AvgIpc) is 2.59. The predicted molar refractivity (Wildman–Crippen MR) is 55.7 cm³/mol. The van der Waals surface area contributed by atoms with E-state index in [-0.39, 0.29) is 5.56 Å². The molecular formula is C8H10N2OS2. The molecule has 0 fully saturated rings. The standard InChI is InChI=1S/C8H10N2OS2/c1-10-7(11)6-5(3-4-13-6)9-8(10)12-2/h3-4H2,1-2H3. The van der Waals surface area contributed by atoms with Crippen molar-refractivity contribution in [3.05, 3.63) is 16.0 Å². The van der Waals surface area contributed by atoms with E-state index in [0.717, 1.165) is 27.9 Å². The second-order valence-electron chi connectivity index (χ2n) is 2.84. The fourth-order valence-electron chi connectivity index (χ4n) is 1.35. The smallest absolute Gasteiger partial charge is 0.267 e. The van der Waals surface area contributed by atoms with Gasteiger partial charge in [-0.25, -0.2) is 4.98 Å². The molecule has 0 spiro atoms. The normalized spacial score (nSPS) is 14.6. The SMILES string of the molecule is CSc1nc2c(c(=O)n1C)SCC2. The Balaban J connectivity index is 2.68. The summed E-state index contributed by atoms with van der Waals surface area (Å²) in [7, 11) is 1.78. The molecule has 2 heterocycles. The molecule has 1 aliphatic heterocycles. The van der Waals surface area contributed by atoms with Gasteiger partial charge in [-0.05, 0) is 6.26 Å². The van der Waals surface area contributed by atoms with Gasteiger partial charge in [-0.1, -0.05) is 11.8 Å². The molecule has 0 aromatic carbocycles. The number of aryl methyl sites for hydroxylation is 1. The van der Waals surface area contributed by atoms with Crippen molar-refractivity contribution < 1.29 is 0 Å². The summed E-state index contributed by atoms with van der Waals surface area (Å²) in [6, 6.07) is 0. The van der Waals surface area contributed by atoms with Gasteiger partial charge in [-0.3, -0.25) is 9.36 Å². The van der Waals surface area contributed by atoms with Crippen molar-refractivity contribution in [2.75, 3.05) is 12.0 Å². The van der Waals surface area contributed by atoms with Crippen LogP contribution in [0, 0.1) is 0 Å².